The van der Waals surface area contributed by atoms with Crippen molar-refractivity contribution < 1.29 is 27.2 Å². The Hall–Kier alpha value is -2.95. The number of benzene rings is 1. The van der Waals surface area contributed by atoms with E-state index in [4.69, 9.17) is 0 Å². The maximum Gasteiger partial charge on any atom is 0.446 e. The number of hydrogen-bond donors (Lipinski definition) is 0. The molecule has 0 bridgehead atoms. The number of carbonyl (C=O) groups is 1. The summed E-state index contributed by atoms with van der Waals surface area (Å²) >= 11 is 3.22. The Morgan fingerprint density at radius 3 is 2.70 bits per heavy atom. The highest BCUT2D eigenvalue weighted by Crippen LogP contribution is 2.32. The van der Waals surface area contributed by atoms with E-state index in [1.807, 2.05) is 0 Å². The first-order valence-corrected chi connectivity index (χ1v) is 8.03. The summed E-state index contributed by atoms with van der Waals surface area (Å²) in [6, 6.07) is 5.95. The molecule has 2 aromatic heterocycles. The van der Waals surface area contributed by atoms with Gasteiger partial charge in [-0.25, -0.2) is 14.2 Å². The van der Waals surface area contributed by atoms with Crippen LogP contribution in [0.3, 0.4) is 0 Å². The molecule has 0 aliphatic rings. The van der Waals surface area contributed by atoms with E-state index in [1.165, 1.54) is 18.2 Å². The van der Waals surface area contributed by atoms with Crippen molar-refractivity contribution in [2.45, 2.75) is 6.18 Å². The van der Waals surface area contributed by atoms with Crippen LogP contribution in [0.2, 0.25) is 0 Å². The molecule has 3 rings (SSSR count). The van der Waals surface area contributed by atoms with Crippen LogP contribution in [-0.2, 0) is 10.9 Å². The van der Waals surface area contributed by atoms with Gasteiger partial charge >= 0.3 is 17.9 Å². The molecule has 0 N–H and O–H groups in total. The quantitative estimate of drug-likeness (QED) is 0.576. The molecule has 11 heteroatoms. The summed E-state index contributed by atoms with van der Waals surface area (Å²) in [5, 5.41) is 3.53. The summed E-state index contributed by atoms with van der Waals surface area (Å²) in [4.78, 5) is 28.1. The maximum atomic E-state index is 13.0. The zero-order valence-corrected chi connectivity index (χ0v) is 15.0. The number of esters is 1. The second-order valence-electron chi connectivity index (χ2n) is 5.16. The van der Waals surface area contributed by atoms with Gasteiger partial charge in [-0.05, 0) is 40.2 Å². The Labute approximate surface area is 157 Å². The Morgan fingerprint density at radius 2 is 2.04 bits per heavy atom. The van der Waals surface area contributed by atoms with Crippen molar-refractivity contribution in [3.63, 3.8) is 0 Å². The van der Waals surface area contributed by atoms with E-state index >= 15 is 0 Å². The summed E-state index contributed by atoms with van der Waals surface area (Å²) in [5.41, 5.74) is -1.26. The second-order valence-corrected chi connectivity index (χ2v) is 6.02. The number of para-hydroxylation sites is 1. The minimum atomic E-state index is -4.61. The summed E-state index contributed by atoms with van der Waals surface area (Å²) in [5.74, 6) is -2.08. The van der Waals surface area contributed by atoms with Gasteiger partial charge in [0.15, 0.2) is 0 Å². The average molecular weight is 444 g/mol. The molecule has 0 aliphatic heterocycles. The largest absolute Gasteiger partial charge is 0.465 e. The van der Waals surface area contributed by atoms with Crippen LogP contribution in [-0.4, -0.2) is 27.8 Å². The van der Waals surface area contributed by atoms with Crippen molar-refractivity contribution in [1.29, 1.82) is 0 Å². The lowest BCUT2D eigenvalue weighted by atomic mass is 10.1. The Kier molecular flexibility index (Phi) is 4.87. The zero-order chi connectivity index (χ0) is 19.8. The lowest BCUT2D eigenvalue weighted by Gasteiger charge is -2.12. The van der Waals surface area contributed by atoms with Crippen LogP contribution in [0.15, 0.2) is 50.3 Å². The minimum Gasteiger partial charge on any atom is -0.465 e. The third-order valence-electron chi connectivity index (χ3n) is 3.54. The lowest BCUT2D eigenvalue weighted by molar-refractivity contribution is -0.137. The van der Waals surface area contributed by atoms with E-state index in [-0.39, 0.29) is 22.8 Å². The van der Waals surface area contributed by atoms with Gasteiger partial charge in [0.05, 0.1) is 23.9 Å². The average Bonchev–Trinajstić information content (AvgIpc) is 3.01. The van der Waals surface area contributed by atoms with Gasteiger partial charge in [0.2, 0.25) is 5.82 Å². The van der Waals surface area contributed by atoms with E-state index in [2.05, 4.69) is 35.3 Å². The zero-order valence-electron chi connectivity index (χ0n) is 13.5. The van der Waals surface area contributed by atoms with Gasteiger partial charge in [0, 0.05) is 10.7 Å². The molecule has 0 spiro atoms. The number of methoxy groups -OCH3 is 1. The molecule has 0 fully saturated rings. The van der Waals surface area contributed by atoms with Crippen molar-refractivity contribution in [3.8, 4) is 17.2 Å². The molecular weight excluding hydrogens is 435 g/mol. The fraction of sp³-hybridized carbons (Fsp3) is 0.125. The third kappa shape index (κ3) is 3.50. The van der Waals surface area contributed by atoms with Crippen LogP contribution >= 0.6 is 15.9 Å². The molecule has 2 heterocycles. The summed E-state index contributed by atoms with van der Waals surface area (Å²) in [7, 11) is 1.15. The van der Waals surface area contributed by atoms with Gasteiger partial charge < -0.3 is 4.74 Å². The first-order valence-electron chi connectivity index (χ1n) is 7.23. The molecule has 0 unspecified atom stereocenters. The number of alkyl halides is 3. The standard InChI is InChI=1S/C16H9BrF3N3O4/c1-26-14(24)9-3-2-4-10(17)12(9)23-13(22-27-15(23)25)11-7-8(5-6-21-11)16(18,19)20/h2-7H,1H3. The summed E-state index contributed by atoms with van der Waals surface area (Å²) in [6.07, 6.45) is -3.68. The monoisotopic (exact) mass is 443 g/mol. The molecular formula is C16H9BrF3N3O4. The van der Waals surface area contributed by atoms with Crippen LogP contribution in [0, 0.1) is 0 Å². The van der Waals surface area contributed by atoms with E-state index in [0.29, 0.717) is 4.47 Å². The summed E-state index contributed by atoms with van der Waals surface area (Å²) < 4.78 is 49.4. The van der Waals surface area contributed by atoms with E-state index in [1.54, 1.807) is 0 Å². The van der Waals surface area contributed by atoms with Gasteiger partial charge in [-0.2, -0.15) is 13.2 Å². The highest BCUT2D eigenvalue weighted by atomic mass is 79.9. The van der Waals surface area contributed by atoms with Crippen molar-refractivity contribution in [1.82, 2.24) is 14.7 Å². The number of ether oxygens (including phenoxy) is 1. The number of halogens is 4. The fourth-order valence-corrected chi connectivity index (χ4v) is 2.90. The maximum absolute atomic E-state index is 13.0. The van der Waals surface area contributed by atoms with Crippen LogP contribution in [0.25, 0.3) is 17.2 Å². The molecule has 0 amide bonds. The molecule has 0 aliphatic carbocycles. The van der Waals surface area contributed by atoms with Crippen molar-refractivity contribution >= 4 is 21.9 Å². The predicted molar refractivity (Wildman–Crippen MR) is 89.4 cm³/mol. The number of rotatable bonds is 3. The Morgan fingerprint density at radius 1 is 1.30 bits per heavy atom. The Balaban J connectivity index is 2.28. The van der Waals surface area contributed by atoms with Gasteiger partial charge in [0.1, 0.15) is 5.69 Å². The van der Waals surface area contributed by atoms with Gasteiger partial charge in [-0.1, -0.05) is 11.2 Å². The second kappa shape index (κ2) is 6.99. The molecule has 0 atom stereocenters. The van der Waals surface area contributed by atoms with Crippen molar-refractivity contribution in [2.75, 3.05) is 7.11 Å². The van der Waals surface area contributed by atoms with Crippen LogP contribution in [0.5, 0.6) is 0 Å². The van der Waals surface area contributed by atoms with Crippen LogP contribution < -0.4 is 5.76 Å². The lowest BCUT2D eigenvalue weighted by Crippen LogP contribution is -2.18. The molecule has 3 aromatic rings. The molecule has 0 saturated carbocycles. The van der Waals surface area contributed by atoms with Crippen LogP contribution in [0.1, 0.15) is 15.9 Å². The smallest absolute Gasteiger partial charge is 0.446 e. The highest BCUT2D eigenvalue weighted by molar-refractivity contribution is 9.10. The van der Waals surface area contributed by atoms with Crippen molar-refractivity contribution in [2.24, 2.45) is 0 Å². The third-order valence-corrected chi connectivity index (χ3v) is 4.18. The van der Waals surface area contributed by atoms with Gasteiger partial charge in [0.25, 0.3) is 0 Å². The number of carbonyl (C=O) groups excluding carboxylic acids is 1. The van der Waals surface area contributed by atoms with E-state index < -0.39 is 23.5 Å². The first-order chi connectivity index (χ1) is 12.7. The number of aromatic nitrogens is 3. The normalized spacial score (nSPS) is 11.4. The topological polar surface area (TPSA) is 87.2 Å². The molecule has 7 nitrogen and oxygen atoms in total. The molecule has 1 aromatic carbocycles. The Bertz CT molecular complexity index is 1080. The van der Waals surface area contributed by atoms with Gasteiger partial charge in [-0.3, -0.25) is 9.51 Å². The van der Waals surface area contributed by atoms with E-state index in [9.17, 15) is 22.8 Å². The fourth-order valence-electron chi connectivity index (χ4n) is 2.36. The number of pyridine rings is 1. The number of nitrogens with zero attached hydrogens (tertiary/aromatic N) is 3. The molecule has 0 radical (unpaired) electrons. The predicted octanol–water partition coefficient (Wildman–Crippen LogP) is 3.46. The molecule has 140 valence electrons. The van der Waals surface area contributed by atoms with Gasteiger partial charge in [-0.15, -0.1) is 0 Å². The van der Waals surface area contributed by atoms with Crippen LogP contribution in [0.4, 0.5) is 13.2 Å². The first kappa shape index (κ1) is 18.8. The minimum absolute atomic E-state index is 0.00446. The SMILES string of the molecule is COC(=O)c1cccc(Br)c1-n1c(-c2cc(C(F)(F)F)ccn2)noc1=O. The van der Waals surface area contributed by atoms with E-state index in [0.717, 1.165) is 30.0 Å². The summed E-state index contributed by atoms with van der Waals surface area (Å²) in [6.45, 7) is 0. The molecule has 27 heavy (non-hydrogen) atoms. The van der Waals surface area contributed by atoms with Crippen molar-refractivity contribution in [3.05, 3.63) is 62.7 Å². The molecule has 0 saturated heterocycles. The number of hydrogen-bond acceptors (Lipinski definition) is 6. The highest BCUT2D eigenvalue weighted by Gasteiger charge is 2.32.